The Bertz CT molecular complexity index is 242. The summed E-state index contributed by atoms with van der Waals surface area (Å²) in [7, 11) is 0. The highest BCUT2D eigenvalue weighted by Crippen LogP contribution is 2.27. The van der Waals surface area contributed by atoms with Crippen LogP contribution in [0.5, 0.6) is 0 Å². The summed E-state index contributed by atoms with van der Waals surface area (Å²) in [5.74, 6) is 0.720. The van der Waals surface area contributed by atoms with Crippen LogP contribution in [-0.4, -0.2) is 12.7 Å². The van der Waals surface area contributed by atoms with Gasteiger partial charge in [-0.1, -0.05) is 19.8 Å². The second kappa shape index (κ2) is 6.25. The maximum absolute atomic E-state index is 8.89. The number of nitriles is 1. The van der Waals surface area contributed by atoms with E-state index in [-0.39, 0.29) is 5.41 Å². The third-order valence-electron chi connectivity index (χ3n) is 3.61. The van der Waals surface area contributed by atoms with E-state index >= 15 is 0 Å². The van der Waals surface area contributed by atoms with Crippen molar-refractivity contribution in [2.45, 2.75) is 65.4 Å². The van der Waals surface area contributed by atoms with E-state index < -0.39 is 0 Å². The minimum absolute atomic E-state index is 0.193. The molecule has 0 N–H and O–H groups in total. The Morgan fingerprint density at radius 2 is 2.00 bits per heavy atom. The van der Waals surface area contributed by atoms with E-state index in [1.54, 1.807) is 0 Å². The van der Waals surface area contributed by atoms with E-state index in [2.05, 4.69) is 13.0 Å². The van der Waals surface area contributed by atoms with Crippen molar-refractivity contribution in [3.8, 4) is 6.07 Å². The Morgan fingerprint density at radius 1 is 1.31 bits per heavy atom. The summed E-state index contributed by atoms with van der Waals surface area (Å²) in [5, 5.41) is 8.89. The minimum atomic E-state index is -0.193. The fourth-order valence-corrected chi connectivity index (χ4v) is 2.33. The first-order valence-corrected chi connectivity index (χ1v) is 6.58. The van der Waals surface area contributed by atoms with Crippen molar-refractivity contribution >= 4 is 0 Å². The summed E-state index contributed by atoms with van der Waals surface area (Å²) in [4.78, 5) is 0. The molecule has 92 valence electrons. The molecule has 1 rings (SSSR count). The second-order valence-corrected chi connectivity index (χ2v) is 5.77. The lowest BCUT2D eigenvalue weighted by Crippen LogP contribution is -2.26. The maximum Gasteiger partial charge on any atom is 0.0683 e. The third-order valence-corrected chi connectivity index (χ3v) is 3.61. The molecule has 0 amide bonds. The van der Waals surface area contributed by atoms with Gasteiger partial charge in [0.05, 0.1) is 17.6 Å². The number of nitrogens with zero attached hydrogens (tertiary/aromatic N) is 1. The maximum atomic E-state index is 8.89. The molecular formula is C14H25NO. The molecule has 0 saturated heterocycles. The lowest BCUT2D eigenvalue weighted by atomic mass is 9.87. The van der Waals surface area contributed by atoms with Crippen LogP contribution in [0.3, 0.4) is 0 Å². The molecule has 1 aliphatic rings. The largest absolute Gasteiger partial charge is 0.378 e. The normalized spacial score (nSPS) is 26.4. The standard InChI is InChI=1S/C14H25NO/c1-12-7-4-5-8-13(12)16-10-6-9-14(2,3)11-15/h12-13H,4-10H2,1-3H3. The van der Waals surface area contributed by atoms with Gasteiger partial charge < -0.3 is 4.74 Å². The second-order valence-electron chi connectivity index (χ2n) is 5.77. The molecule has 0 aromatic rings. The summed E-state index contributed by atoms with van der Waals surface area (Å²) >= 11 is 0. The molecule has 1 aliphatic carbocycles. The number of hydrogen-bond acceptors (Lipinski definition) is 2. The SMILES string of the molecule is CC1CCCCC1OCCCC(C)(C)C#N. The van der Waals surface area contributed by atoms with Crippen molar-refractivity contribution in [2.75, 3.05) is 6.61 Å². The van der Waals surface area contributed by atoms with E-state index in [4.69, 9.17) is 10.00 Å². The van der Waals surface area contributed by atoms with Crippen LogP contribution in [0.25, 0.3) is 0 Å². The molecule has 0 aromatic carbocycles. The molecule has 0 bridgehead atoms. The highest BCUT2D eigenvalue weighted by molar-refractivity contribution is 4.91. The van der Waals surface area contributed by atoms with Crippen molar-refractivity contribution in [1.29, 1.82) is 5.26 Å². The molecule has 16 heavy (non-hydrogen) atoms. The molecule has 0 radical (unpaired) electrons. The predicted molar refractivity (Wildman–Crippen MR) is 66.0 cm³/mol. The van der Waals surface area contributed by atoms with Crippen molar-refractivity contribution in [1.82, 2.24) is 0 Å². The quantitative estimate of drug-likeness (QED) is 0.662. The van der Waals surface area contributed by atoms with Gasteiger partial charge >= 0.3 is 0 Å². The minimum Gasteiger partial charge on any atom is -0.378 e. The third kappa shape index (κ3) is 4.53. The Hall–Kier alpha value is -0.550. The molecule has 2 nitrogen and oxygen atoms in total. The van der Waals surface area contributed by atoms with Gasteiger partial charge in [-0.05, 0) is 45.4 Å². The predicted octanol–water partition coefficient (Wildman–Crippen LogP) is 3.91. The van der Waals surface area contributed by atoms with E-state index in [0.717, 1.165) is 25.4 Å². The first-order chi connectivity index (χ1) is 7.55. The molecule has 2 unspecified atom stereocenters. The van der Waals surface area contributed by atoms with Crippen LogP contribution in [0.4, 0.5) is 0 Å². The fraction of sp³-hybridized carbons (Fsp3) is 0.929. The average molecular weight is 223 g/mol. The fourth-order valence-electron chi connectivity index (χ4n) is 2.33. The van der Waals surface area contributed by atoms with Gasteiger partial charge in [0, 0.05) is 6.61 Å². The van der Waals surface area contributed by atoms with Crippen LogP contribution >= 0.6 is 0 Å². The van der Waals surface area contributed by atoms with Crippen molar-refractivity contribution in [2.24, 2.45) is 11.3 Å². The van der Waals surface area contributed by atoms with Gasteiger partial charge in [0.1, 0.15) is 0 Å². The molecule has 0 aliphatic heterocycles. The Morgan fingerprint density at radius 3 is 2.62 bits per heavy atom. The Kier molecular flexibility index (Phi) is 5.28. The lowest BCUT2D eigenvalue weighted by Gasteiger charge is -2.29. The van der Waals surface area contributed by atoms with Gasteiger partial charge in [0.15, 0.2) is 0 Å². The molecular weight excluding hydrogens is 198 g/mol. The van der Waals surface area contributed by atoms with Crippen LogP contribution < -0.4 is 0 Å². The highest BCUT2D eigenvalue weighted by atomic mass is 16.5. The zero-order chi connectivity index (χ0) is 12.0. The molecule has 0 heterocycles. The zero-order valence-electron chi connectivity index (χ0n) is 11.0. The molecule has 1 fully saturated rings. The monoisotopic (exact) mass is 223 g/mol. The van der Waals surface area contributed by atoms with Gasteiger partial charge in [-0.15, -0.1) is 0 Å². The van der Waals surface area contributed by atoms with E-state index in [0.29, 0.717) is 6.10 Å². The topological polar surface area (TPSA) is 33.0 Å². The first kappa shape index (κ1) is 13.5. The lowest BCUT2D eigenvalue weighted by molar-refractivity contribution is -0.00805. The van der Waals surface area contributed by atoms with Crippen LogP contribution in [0, 0.1) is 22.7 Å². The van der Waals surface area contributed by atoms with E-state index in [9.17, 15) is 0 Å². The van der Waals surface area contributed by atoms with Gasteiger partial charge in [0.2, 0.25) is 0 Å². The van der Waals surface area contributed by atoms with Crippen LogP contribution in [0.15, 0.2) is 0 Å². The van der Waals surface area contributed by atoms with Crippen molar-refractivity contribution < 1.29 is 4.74 Å². The van der Waals surface area contributed by atoms with Crippen LogP contribution in [0.2, 0.25) is 0 Å². The van der Waals surface area contributed by atoms with Gasteiger partial charge in [0.25, 0.3) is 0 Å². The van der Waals surface area contributed by atoms with E-state index in [1.165, 1.54) is 25.7 Å². The zero-order valence-corrected chi connectivity index (χ0v) is 11.0. The van der Waals surface area contributed by atoms with Crippen molar-refractivity contribution in [3.63, 3.8) is 0 Å². The summed E-state index contributed by atoms with van der Waals surface area (Å²) in [6, 6.07) is 2.33. The number of ether oxygens (including phenoxy) is 1. The highest BCUT2D eigenvalue weighted by Gasteiger charge is 2.22. The molecule has 0 spiro atoms. The summed E-state index contributed by atoms with van der Waals surface area (Å²) < 4.78 is 5.93. The molecule has 2 atom stereocenters. The summed E-state index contributed by atoms with van der Waals surface area (Å²) in [5.41, 5.74) is -0.193. The van der Waals surface area contributed by atoms with Gasteiger partial charge in [-0.3, -0.25) is 0 Å². The van der Waals surface area contributed by atoms with Crippen LogP contribution in [0.1, 0.15) is 59.3 Å². The van der Waals surface area contributed by atoms with Crippen molar-refractivity contribution in [3.05, 3.63) is 0 Å². The number of rotatable bonds is 5. The first-order valence-electron chi connectivity index (χ1n) is 6.58. The summed E-state index contributed by atoms with van der Waals surface area (Å²) in [6.45, 7) is 7.11. The molecule has 0 aromatic heterocycles. The van der Waals surface area contributed by atoms with E-state index in [1.807, 2.05) is 13.8 Å². The summed E-state index contributed by atoms with van der Waals surface area (Å²) in [6.07, 6.45) is 7.63. The average Bonchev–Trinajstić information content (AvgIpc) is 2.27. The van der Waals surface area contributed by atoms with Crippen LogP contribution in [-0.2, 0) is 4.74 Å². The molecule has 2 heteroatoms. The Balaban J connectivity index is 2.13. The van der Waals surface area contributed by atoms with Gasteiger partial charge in [-0.25, -0.2) is 0 Å². The molecule has 1 saturated carbocycles. The number of hydrogen-bond donors (Lipinski definition) is 0. The Labute approximate surface area is 100.0 Å². The van der Waals surface area contributed by atoms with Gasteiger partial charge in [-0.2, -0.15) is 5.26 Å². The smallest absolute Gasteiger partial charge is 0.0683 e.